The molecule has 1 atom stereocenters. The van der Waals surface area contributed by atoms with Crippen molar-refractivity contribution < 1.29 is 14.3 Å². The first-order valence-corrected chi connectivity index (χ1v) is 13.5. The highest BCUT2D eigenvalue weighted by Gasteiger charge is 2.25. The number of amides is 1. The van der Waals surface area contributed by atoms with Crippen LogP contribution in [0.5, 0.6) is 5.75 Å². The fourth-order valence-corrected chi connectivity index (χ4v) is 4.88. The Morgan fingerprint density at radius 1 is 0.974 bits per heavy atom. The summed E-state index contributed by atoms with van der Waals surface area (Å²) in [4.78, 5) is 28.3. The number of fused-ring (bicyclic) bond motifs is 1. The molecule has 0 saturated carbocycles. The largest absolute Gasteiger partial charge is 0.489 e. The SMILES string of the molecule is CC(C)CC(NC(=O)/C=C/c1ccccc1)C(=O)CN1CCCc2c(cccc2OCc2ccccc2)C1. The van der Waals surface area contributed by atoms with Crippen molar-refractivity contribution in [1.29, 1.82) is 0 Å². The summed E-state index contributed by atoms with van der Waals surface area (Å²) in [7, 11) is 0. The van der Waals surface area contributed by atoms with E-state index in [0.717, 1.165) is 36.3 Å². The molecular formula is C33H38N2O3. The van der Waals surface area contributed by atoms with E-state index in [9.17, 15) is 9.59 Å². The van der Waals surface area contributed by atoms with Gasteiger partial charge in [-0.15, -0.1) is 0 Å². The minimum absolute atomic E-state index is 0.0556. The first-order chi connectivity index (χ1) is 18.5. The van der Waals surface area contributed by atoms with Gasteiger partial charge in [0.05, 0.1) is 12.6 Å². The van der Waals surface area contributed by atoms with Crippen molar-refractivity contribution in [2.45, 2.75) is 52.3 Å². The lowest BCUT2D eigenvalue weighted by Crippen LogP contribution is -2.45. The van der Waals surface area contributed by atoms with Gasteiger partial charge in [0.15, 0.2) is 5.78 Å². The highest BCUT2D eigenvalue weighted by molar-refractivity contribution is 5.96. The molecule has 1 aliphatic rings. The van der Waals surface area contributed by atoms with Gasteiger partial charge in [-0.2, -0.15) is 0 Å². The summed E-state index contributed by atoms with van der Waals surface area (Å²) in [6, 6.07) is 25.6. The molecule has 38 heavy (non-hydrogen) atoms. The number of Topliss-reactive ketones (excluding diaryl/α,β-unsaturated/α-hetero) is 1. The molecule has 0 radical (unpaired) electrons. The number of ketones is 1. The molecule has 3 aromatic carbocycles. The molecule has 1 amide bonds. The van der Waals surface area contributed by atoms with Gasteiger partial charge in [-0.25, -0.2) is 0 Å². The van der Waals surface area contributed by atoms with Crippen LogP contribution < -0.4 is 10.1 Å². The van der Waals surface area contributed by atoms with Crippen LogP contribution in [0.1, 0.15) is 48.9 Å². The number of ether oxygens (including phenoxy) is 1. The van der Waals surface area contributed by atoms with E-state index >= 15 is 0 Å². The lowest BCUT2D eigenvalue weighted by atomic mass is 9.99. The molecule has 1 N–H and O–H groups in total. The Bertz CT molecular complexity index is 1220. The third-order valence-electron chi connectivity index (χ3n) is 6.78. The third kappa shape index (κ3) is 8.15. The summed E-state index contributed by atoms with van der Waals surface area (Å²) >= 11 is 0. The molecular weight excluding hydrogens is 472 g/mol. The molecule has 0 fully saturated rings. The van der Waals surface area contributed by atoms with E-state index in [4.69, 9.17) is 4.74 Å². The summed E-state index contributed by atoms with van der Waals surface area (Å²) < 4.78 is 6.20. The van der Waals surface area contributed by atoms with E-state index < -0.39 is 6.04 Å². The molecule has 0 spiro atoms. The van der Waals surface area contributed by atoms with Gasteiger partial charge in [-0.05, 0) is 66.1 Å². The summed E-state index contributed by atoms with van der Waals surface area (Å²) in [6.07, 6.45) is 5.77. The lowest BCUT2D eigenvalue weighted by molar-refractivity contribution is -0.126. The minimum atomic E-state index is -0.508. The average molecular weight is 511 g/mol. The molecule has 4 rings (SSSR count). The molecule has 5 heteroatoms. The van der Waals surface area contributed by atoms with Crippen molar-refractivity contribution in [3.8, 4) is 5.75 Å². The normalized spacial score (nSPS) is 14.6. The molecule has 5 nitrogen and oxygen atoms in total. The second-order valence-electron chi connectivity index (χ2n) is 10.4. The monoisotopic (exact) mass is 510 g/mol. The van der Waals surface area contributed by atoms with Gasteiger partial charge in [-0.3, -0.25) is 14.5 Å². The van der Waals surface area contributed by atoms with Crippen LogP contribution in [0.15, 0.2) is 84.9 Å². The molecule has 198 valence electrons. The Morgan fingerprint density at radius 2 is 1.71 bits per heavy atom. The smallest absolute Gasteiger partial charge is 0.244 e. The zero-order valence-electron chi connectivity index (χ0n) is 22.4. The quantitative estimate of drug-likeness (QED) is 0.330. The van der Waals surface area contributed by atoms with Crippen LogP contribution >= 0.6 is 0 Å². The number of benzene rings is 3. The highest BCUT2D eigenvalue weighted by Crippen LogP contribution is 2.28. The molecule has 1 aliphatic heterocycles. The minimum Gasteiger partial charge on any atom is -0.489 e. The van der Waals surface area contributed by atoms with E-state index in [1.165, 1.54) is 17.2 Å². The van der Waals surface area contributed by atoms with Crippen molar-refractivity contribution >= 4 is 17.8 Å². The van der Waals surface area contributed by atoms with E-state index in [0.29, 0.717) is 26.1 Å². The first-order valence-electron chi connectivity index (χ1n) is 13.5. The summed E-state index contributed by atoms with van der Waals surface area (Å²) in [6.45, 7) is 6.52. The number of nitrogens with zero attached hydrogens (tertiary/aromatic N) is 1. The predicted molar refractivity (Wildman–Crippen MR) is 153 cm³/mol. The summed E-state index contributed by atoms with van der Waals surface area (Å²) in [5.41, 5.74) is 4.53. The van der Waals surface area contributed by atoms with Gasteiger partial charge in [-0.1, -0.05) is 86.6 Å². The number of hydrogen-bond acceptors (Lipinski definition) is 4. The molecule has 1 heterocycles. The molecule has 0 saturated heterocycles. The Balaban J connectivity index is 1.39. The first kappa shape index (κ1) is 27.3. The maximum Gasteiger partial charge on any atom is 0.244 e. The van der Waals surface area contributed by atoms with Crippen LogP contribution in [0, 0.1) is 5.92 Å². The molecule has 0 aliphatic carbocycles. The van der Waals surface area contributed by atoms with Crippen molar-refractivity contribution in [2.24, 2.45) is 5.92 Å². The zero-order chi connectivity index (χ0) is 26.7. The third-order valence-corrected chi connectivity index (χ3v) is 6.78. The average Bonchev–Trinajstić information content (AvgIpc) is 3.13. The molecule has 1 unspecified atom stereocenters. The van der Waals surface area contributed by atoms with Gasteiger partial charge in [0, 0.05) is 12.6 Å². The van der Waals surface area contributed by atoms with Crippen molar-refractivity contribution in [2.75, 3.05) is 13.1 Å². The Hall–Kier alpha value is -3.70. The standard InChI is InChI=1S/C33H38N2O3/c1-25(2)21-30(34-33(37)19-18-26-11-5-3-6-12-26)31(36)23-35-20-10-16-29-28(22-35)15-9-17-32(29)38-24-27-13-7-4-8-14-27/h3-9,11-15,17-19,25,30H,10,16,20-24H2,1-2H3,(H,34,37)/b19-18+. The lowest BCUT2D eigenvalue weighted by Gasteiger charge is -2.24. The van der Waals surface area contributed by atoms with Gasteiger partial charge >= 0.3 is 0 Å². The zero-order valence-corrected chi connectivity index (χ0v) is 22.4. The van der Waals surface area contributed by atoms with E-state index in [-0.39, 0.29) is 17.6 Å². The van der Waals surface area contributed by atoms with Crippen LogP contribution in [0.25, 0.3) is 6.08 Å². The molecule has 0 aromatic heterocycles. The van der Waals surface area contributed by atoms with E-state index in [2.05, 4.69) is 42.3 Å². The summed E-state index contributed by atoms with van der Waals surface area (Å²) in [5.74, 6) is 1.03. The molecule has 3 aromatic rings. The van der Waals surface area contributed by atoms with E-state index in [1.54, 1.807) is 6.08 Å². The van der Waals surface area contributed by atoms with E-state index in [1.807, 2.05) is 60.7 Å². The maximum atomic E-state index is 13.4. The topological polar surface area (TPSA) is 58.6 Å². The number of carbonyl (C=O) groups is 2. The number of rotatable bonds is 11. The maximum absolute atomic E-state index is 13.4. The Morgan fingerprint density at radius 3 is 2.45 bits per heavy atom. The Kier molecular flexibility index (Phi) is 9.88. The number of carbonyl (C=O) groups excluding carboxylic acids is 2. The van der Waals surface area contributed by atoms with Crippen LogP contribution in [0.4, 0.5) is 0 Å². The Labute approximate surface area is 226 Å². The summed E-state index contributed by atoms with van der Waals surface area (Å²) in [5, 5.41) is 2.96. The number of nitrogens with one attached hydrogen (secondary N) is 1. The predicted octanol–water partition coefficient (Wildman–Crippen LogP) is 5.83. The van der Waals surface area contributed by atoms with Crippen molar-refractivity contribution in [3.05, 3.63) is 107 Å². The van der Waals surface area contributed by atoms with Crippen LogP contribution in [-0.4, -0.2) is 35.7 Å². The second kappa shape index (κ2) is 13.7. The number of hydrogen-bond donors (Lipinski definition) is 1. The van der Waals surface area contributed by atoms with Crippen LogP contribution in [0.3, 0.4) is 0 Å². The fraction of sp³-hybridized carbons (Fsp3) is 0.333. The van der Waals surface area contributed by atoms with Crippen molar-refractivity contribution in [1.82, 2.24) is 10.2 Å². The van der Waals surface area contributed by atoms with Gasteiger partial charge in [0.1, 0.15) is 12.4 Å². The van der Waals surface area contributed by atoms with Crippen molar-refractivity contribution in [3.63, 3.8) is 0 Å². The molecule has 0 bridgehead atoms. The van der Waals surface area contributed by atoms with Gasteiger partial charge in [0.2, 0.25) is 5.91 Å². The van der Waals surface area contributed by atoms with Gasteiger partial charge < -0.3 is 10.1 Å². The van der Waals surface area contributed by atoms with Gasteiger partial charge in [0.25, 0.3) is 0 Å². The second-order valence-corrected chi connectivity index (χ2v) is 10.4. The highest BCUT2D eigenvalue weighted by atomic mass is 16.5. The van der Waals surface area contributed by atoms with Crippen LogP contribution in [-0.2, 0) is 29.2 Å². The fourth-order valence-electron chi connectivity index (χ4n) is 4.88. The van der Waals surface area contributed by atoms with Crippen LogP contribution in [0.2, 0.25) is 0 Å².